The first-order valence-corrected chi connectivity index (χ1v) is 9.73. The lowest BCUT2D eigenvalue weighted by Gasteiger charge is -2.24. The van der Waals surface area contributed by atoms with E-state index in [2.05, 4.69) is 28.1 Å². The summed E-state index contributed by atoms with van der Waals surface area (Å²) in [6.45, 7) is 5.01. The van der Waals surface area contributed by atoms with Gasteiger partial charge in [-0.1, -0.05) is 18.2 Å². The van der Waals surface area contributed by atoms with Gasteiger partial charge in [0.25, 0.3) is 0 Å². The largest absolute Gasteiger partial charge is 0.416 e. The van der Waals surface area contributed by atoms with Gasteiger partial charge in [-0.2, -0.15) is 13.2 Å². The first-order chi connectivity index (χ1) is 13.4. The summed E-state index contributed by atoms with van der Waals surface area (Å²) in [6, 6.07) is 11.7. The van der Waals surface area contributed by atoms with Crippen molar-refractivity contribution in [3.05, 3.63) is 65.0 Å². The summed E-state index contributed by atoms with van der Waals surface area (Å²) in [6.07, 6.45) is -1.52. The minimum absolute atomic E-state index is 0.525. The summed E-state index contributed by atoms with van der Waals surface area (Å²) >= 11 is 0. The zero-order chi connectivity index (χ0) is 19.7. The van der Waals surface area contributed by atoms with Gasteiger partial charge in [-0.15, -0.1) is 0 Å². The maximum absolute atomic E-state index is 12.8. The predicted molar refractivity (Wildman–Crippen MR) is 104 cm³/mol. The molecule has 3 nitrogen and oxygen atoms in total. The van der Waals surface area contributed by atoms with Crippen LogP contribution in [-0.4, -0.2) is 22.6 Å². The molecule has 0 saturated carbocycles. The Morgan fingerprint density at radius 1 is 1.07 bits per heavy atom. The van der Waals surface area contributed by atoms with Gasteiger partial charge in [0.05, 0.1) is 16.6 Å². The average molecular weight is 387 g/mol. The van der Waals surface area contributed by atoms with Crippen molar-refractivity contribution < 1.29 is 13.2 Å². The van der Waals surface area contributed by atoms with Crippen molar-refractivity contribution >= 4 is 11.0 Å². The number of rotatable bonds is 4. The highest BCUT2D eigenvalue weighted by Crippen LogP contribution is 2.30. The lowest BCUT2D eigenvalue weighted by Crippen LogP contribution is -2.30. The molecule has 4 rings (SSSR count). The Bertz CT molecular complexity index is 952. The van der Waals surface area contributed by atoms with Gasteiger partial charge in [-0.25, -0.2) is 4.98 Å². The molecule has 3 aromatic rings. The normalized spacial score (nSPS) is 16.0. The number of alkyl halides is 3. The second-order valence-corrected chi connectivity index (χ2v) is 7.70. The molecule has 6 heteroatoms. The zero-order valence-corrected chi connectivity index (χ0v) is 15.9. The van der Waals surface area contributed by atoms with Crippen molar-refractivity contribution in [1.29, 1.82) is 0 Å². The molecule has 148 valence electrons. The molecule has 2 heterocycles. The number of imidazole rings is 1. The lowest BCUT2D eigenvalue weighted by molar-refractivity contribution is -0.137. The lowest BCUT2D eigenvalue weighted by atomic mass is 9.98. The molecular formula is C22H24F3N3. The number of halogens is 3. The molecule has 1 aliphatic heterocycles. The number of nitrogens with zero attached hydrogens (tertiary/aromatic N) is 2. The van der Waals surface area contributed by atoms with Crippen LogP contribution in [0.1, 0.15) is 35.4 Å². The van der Waals surface area contributed by atoms with E-state index in [1.54, 1.807) is 12.1 Å². The first kappa shape index (κ1) is 19.0. The molecule has 1 aliphatic rings. The Morgan fingerprint density at radius 3 is 2.46 bits per heavy atom. The Morgan fingerprint density at radius 2 is 1.79 bits per heavy atom. The van der Waals surface area contributed by atoms with Crippen molar-refractivity contribution in [1.82, 2.24) is 14.9 Å². The average Bonchev–Trinajstić information content (AvgIpc) is 2.98. The van der Waals surface area contributed by atoms with Crippen molar-refractivity contribution in [2.45, 2.75) is 38.9 Å². The van der Waals surface area contributed by atoms with Crippen LogP contribution < -0.4 is 5.32 Å². The first-order valence-electron chi connectivity index (χ1n) is 9.73. The number of aromatic nitrogens is 2. The van der Waals surface area contributed by atoms with Crippen LogP contribution in [0.4, 0.5) is 13.2 Å². The van der Waals surface area contributed by atoms with Gasteiger partial charge in [0.2, 0.25) is 0 Å². The number of piperidine rings is 1. The molecule has 0 bridgehead atoms. The fourth-order valence-electron chi connectivity index (χ4n) is 3.95. The third-order valence-corrected chi connectivity index (χ3v) is 5.53. The number of hydrogen-bond acceptors (Lipinski definition) is 2. The maximum Gasteiger partial charge on any atom is 0.416 e. The summed E-state index contributed by atoms with van der Waals surface area (Å²) in [7, 11) is 0. The molecule has 1 saturated heterocycles. The predicted octanol–water partition coefficient (Wildman–Crippen LogP) is 4.95. The summed E-state index contributed by atoms with van der Waals surface area (Å²) in [4.78, 5) is 4.83. The van der Waals surface area contributed by atoms with Crippen LogP contribution in [0, 0.1) is 12.8 Å². The topological polar surface area (TPSA) is 29.9 Å². The monoisotopic (exact) mass is 387 g/mol. The Hall–Kier alpha value is -2.34. The van der Waals surface area contributed by atoms with Crippen LogP contribution in [0.25, 0.3) is 11.0 Å². The highest BCUT2D eigenvalue weighted by atomic mass is 19.4. The third kappa shape index (κ3) is 4.07. The second kappa shape index (κ2) is 7.59. The molecule has 2 aromatic carbocycles. The second-order valence-electron chi connectivity index (χ2n) is 7.70. The molecule has 0 spiro atoms. The van der Waals surface area contributed by atoms with E-state index < -0.39 is 11.7 Å². The fourth-order valence-corrected chi connectivity index (χ4v) is 3.95. The number of aryl methyl sites for hydroxylation is 1. The van der Waals surface area contributed by atoms with Gasteiger partial charge in [0, 0.05) is 13.0 Å². The summed E-state index contributed by atoms with van der Waals surface area (Å²) in [5, 5.41) is 3.39. The Kier molecular flexibility index (Phi) is 5.15. The quantitative estimate of drug-likeness (QED) is 0.686. The molecule has 1 fully saturated rings. The van der Waals surface area contributed by atoms with Gasteiger partial charge >= 0.3 is 6.18 Å². The molecule has 0 amide bonds. The van der Waals surface area contributed by atoms with Crippen molar-refractivity contribution in [2.75, 3.05) is 13.1 Å². The Balaban J connectivity index is 1.66. The van der Waals surface area contributed by atoms with Crippen molar-refractivity contribution in [2.24, 2.45) is 5.92 Å². The molecule has 28 heavy (non-hydrogen) atoms. The SMILES string of the molecule is Cc1ccc2c(c1)nc(Cc1ccc(C(F)(F)F)cc1)n2CC1CCNCC1. The van der Waals surface area contributed by atoms with E-state index in [1.807, 2.05) is 6.92 Å². The van der Waals surface area contributed by atoms with Crippen LogP contribution in [0.5, 0.6) is 0 Å². The molecule has 1 N–H and O–H groups in total. The van der Waals surface area contributed by atoms with Gasteiger partial charge in [0.1, 0.15) is 5.82 Å². The van der Waals surface area contributed by atoms with E-state index in [9.17, 15) is 13.2 Å². The number of nitrogens with one attached hydrogen (secondary N) is 1. The summed E-state index contributed by atoms with van der Waals surface area (Å²) < 4.78 is 40.7. The van der Waals surface area contributed by atoms with Gasteiger partial charge in [0.15, 0.2) is 0 Å². The van der Waals surface area contributed by atoms with Crippen LogP contribution in [-0.2, 0) is 19.1 Å². The highest BCUT2D eigenvalue weighted by molar-refractivity contribution is 5.77. The third-order valence-electron chi connectivity index (χ3n) is 5.53. The van der Waals surface area contributed by atoms with E-state index in [4.69, 9.17) is 4.98 Å². The fraction of sp³-hybridized carbons (Fsp3) is 0.409. The molecule has 0 atom stereocenters. The highest BCUT2D eigenvalue weighted by Gasteiger charge is 2.30. The summed E-state index contributed by atoms with van der Waals surface area (Å²) in [5.74, 6) is 1.50. The van der Waals surface area contributed by atoms with Gasteiger partial charge < -0.3 is 9.88 Å². The Labute approximate surface area is 162 Å². The van der Waals surface area contributed by atoms with Gasteiger partial charge in [-0.05, 0) is 74.2 Å². The van der Waals surface area contributed by atoms with Crippen LogP contribution in [0.15, 0.2) is 42.5 Å². The molecule has 0 unspecified atom stereocenters. The zero-order valence-electron chi connectivity index (χ0n) is 15.9. The number of fused-ring (bicyclic) bond motifs is 1. The smallest absolute Gasteiger partial charge is 0.327 e. The molecule has 1 aromatic heterocycles. The standard InChI is InChI=1S/C22H24F3N3/c1-15-2-7-20-19(12-15)27-21(28(20)14-17-8-10-26-11-9-17)13-16-3-5-18(6-4-16)22(23,24)25/h2-7,12,17,26H,8-11,13-14H2,1H3. The maximum atomic E-state index is 12.8. The minimum Gasteiger partial charge on any atom is -0.327 e. The van der Waals surface area contributed by atoms with Crippen LogP contribution in [0.3, 0.4) is 0 Å². The summed E-state index contributed by atoms with van der Waals surface area (Å²) in [5.41, 5.74) is 3.43. The van der Waals surface area contributed by atoms with Crippen molar-refractivity contribution in [3.8, 4) is 0 Å². The van der Waals surface area contributed by atoms with Crippen molar-refractivity contribution in [3.63, 3.8) is 0 Å². The van der Waals surface area contributed by atoms with Crippen LogP contribution in [0.2, 0.25) is 0 Å². The minimum atomic E-state index is -4.31. The molecular weight excluding hydrogens is 363 g/mol. The van der Waals surface area contributed by atoms with E-state index >= 15 is 0 Å². The van der Waals surface area contributed by atoms with E-state index in [0.29, 0.717) is 12.3 Å². The number of hydrogen-bond donors (Lipinski definition) is 1. The van der Waals surface area contributed by atoms with E-state index in [0.717, 1.165) is 72.6 Å². The van der Waals surface area contributed by atoms with Crippen LogP contribution >= 0.6 is 0 Å². The molecule has 0 aliphatic carbocycles. The van der Waals surface area contributed by atoms with Gasteiger partial charge in [-0.3, -0.25) is 0 Å². The molecule has 0 radical (unpaired) electrons. The van der Waals surface area contributed by atoms with E-state index in [1.165, 1.54) is 0 Å². The van der Waals surface area contributed by atoms with E-state index in [-0.39, 0.29) is 0 Å². The number of benzene rings is 2.